The fourth-order valence-corrected chi connectivity index (χ4v) is 4.71. The number of carbonyl (C=O) groups excluding carboxylic acids is 2. The zero-order valence-corrected chi connectivity index (χ0v) is 21.5. The smallest absolute Gasteiger partial charge is 0.217 e. The van der Waals surface area contributed by atoms with Gasteiger partial charge in [0.2, 0.25) is 11.8 Å². The molecule has 3 rings (SSSR count). The molecule has 15 atom stereocenters. The number of hydrogen-bond acceptors (Lipinski definition) is 15. The van der Waals surface area contributed by atoms with Crippen molar-refractivity contribution in [3.63, 3.8) is 0 Å². The van der Waals surface area contributed by atoms with Gasteiger partial charge in [0.05, 0.1) is 19.3 Å². The highest BCUT2D eigenvalue weighted by Crippen LogP contribution is 2.30. The zero-order valence-electron chi connectivity index (χ0n) is 21.5. The maximum absolute atomic E-state index is 11.8. The van der Waals surface area contributed by atoms with Gasteiger partial charge in [-0.25, -0.2) is 0 Å². The third-order valence-electron chi connectivity index (χ3n) is 6.84. The Hall–Kier alpha value is -1.58. The molecule has 10 N–H and O–H groups in total. The zero-order chi connectivity index (χ0) is 29.2. The van der Waals surface area contributed by atoms with Crippen molar-refractivity contribution in [2.24, 2.45) is 0 Å². The van der Waals surface area contributed by atoms with Crippen molar-refractivity contribution >= 4 is 11.8 Å². The molecule has 2 amide bonds. The summed E-state index contributed by atoms with van der Waals surface area (Å²) < 4.78 is 27.9. The molecule has 3 saturated heterocycles. The van der Waals surface area contributed by atoms with Crippen LogP contribution >= 0.6 is 0 Å². The number of aliphatic hydroxyl groups is 8. The molecule has 3 fully saturated rings. The van der Waals surface area contributed by atoms with Crippen LogP contribution in [-0.2, 0) is 33.3 Å². The van der Waals surface area contributed by atoms with Gasteiger partial charge in [-0.2, -0.15) is 0 Å². The van der Waals surface area contributed by atoms with Gasteiger partial charge in [0.1, 0.15) is 67.0 Å². The van der Waals surface area contributed by atoms with Crippen LogP contribution in [0.3, 0.4) is 0 Å². The molecule has 0 aliphatic carbocycles. The van der Waals surface area contributed by atoms with Gasteiger partial charge >= 0.3 is 0 Å². The van der Waals surface area contributed by atoms with E-state index in [0.29, 0.717) is 0 Å². The number of hydrogen-bond donors (Lipinski definition) is 10. The lowest BCUT2D eigenvalue weighted by atomic mass is 9.94. The second kappa shape index (κ2) is 13.4. The van der Waals surface area contributed by atoms with Crippen LogP contribution in [0.25, 0.3) is 0 Å². The van der Waals surface area contributed by atoms with E-state index in [-0.39, 0.29) is 0 Å². The number of nitrogens with one attached hydrogen (secondary N) is 2. The maximum Gasteiger partial charge on any atom is 0.217 e. The first-order valence-electron chi connectivity index (χ1n) is 12.4. The summed E-state index contributed by atoms with van der Waals surface area (Å²) in [7, 11) is 0. The van der Waals surface area contributed by atoms with E-state index in [9.17, 15) is 50.4 Å². The van der Waals surface area contributed by atoms with E-state index >= 15 is 0 Å². The van der Waals surface area contributed by atoms with E-state index in [1.807, 2.05) is 0 Å². The molecule has 3 aliphatic rings. The predicted molar refractivity (Wildman–Crippen MR) is 123 cm³/mol. The van der Waals surface area contributed by atoms with E-state index in [2.05, 4.69) is 10.6 Å². The van der Waals surface area contributed by atoms with Crippen molar-refractivity contribution in [2.45, 2.75) is 113 Å². The molecule has 0 aromatic rings. The molecule has 3 aliphatic heterocycles. The average Bonchev–Trinajstić information content (AvgIpc) is 2.87. The summed E-state index contributed by atoms with van der Waals surface area (Å²) in [5.41, 5.74) is 0. The Morgan fingerprint density at radius 3 is 1.92 bits per heavy atom. The average molecular weight is 571 g/mol. The molecule has 17 nitrogen and oxygen atoms in total. The molecular formula is C22H38N2O15. The minimum absolute atomic E-state index is 0.547. The van der Waals surface area contributed by atoms with Crippen LogP contribution in [0.2, 0.25) is 0 Å². The largest absolute Gasteiger partial charge is 0.394 e. The van der Waals surface area contributed by atoms with Crippen molar-refractivity contribution in [1.82, 2.24) is 10.6 Å². The quantitative estimate of drug-likeness (QED) is 0.130. The van der Waals surface area contributed by atoms with Crippen LogP contribution in [0, 0.1) is 0 Å². The van der Waals surface area contributed by atoms with Crippen LogP contribution in [-0.4, -0.2) is 158 Å². The Kier molecular flexibility index (Phi) is 11.0. The number of carbonyl (C=O) groups is 2. The predicted octanol–water partition coefficient (Wildman–Crippen LogP) is -6.26. The Morgan fingerprint density at radius 1 is 0.718 bits per heavy atom. The van der Waals surface area contributed by atoms with Crippen LogP contribution < -0.4 is 10.6 Å². The van der Waals surface area contributed by atoms with E-state index < -0.39 is 117 Å². The highest BCUT2D eigenvalue weighted by atomic mass is 16.7. The lowest BCUT2D eigenvalue weighted by Crippen LogP contribution is -2.69. The van der Waals surface area contributed by atoms with Crippen LogP contribution in [0.15, 0.2) is 0 Å². The second-order valence-corrected chi connectivity index (χ2v) is 9.83. The van der Waals surface area contributed by atoms with Gasteiger partial charge in [-0.05, 0) is 6.92 Å². The molecule has 226 valence electrons. The number of rotatable bonds is 8. The molecule has 0 spiro atoms. The van der Waals surface area contributed by atoms with Crippen molar-refractivity contribution in [3.8, 4) is 0 Å². The Labute approximate surface area is 223 Å². The molecular weight excluding hydrogens is 532 g/mol. The normalized spacial score (nSPS) is 46.9. The van der Waals surface area contributed by atoms with E-state index in [1.54, 1.807) is 0 Å². The maximum atomic E-state index is 11.8. The summed E-state index contributed by atoms with van der Waals surface area (Å²) in [4.78, 5) is 23.4. The summed E-state index contributed by atoms with van der Waals surface area (Å²) in [6.07, 6.45) is -19.6. The summed E-state index contributed by atoms with van der Waals surface area (Å²) >= 11 is 0. The minimum Gasteiger partial charge on any atom is -0.394 e. The Bertz CT molecular complexity index is 837. The number of amides is 2. The van der Waals surface area contributed by atoms with Crippen molar-refractivity contribution in [2.75, 3.05) is 13.2 Å². The van der Waals surface area contributed by atoms with Gasteiger partial charge in [0.25, 0.3) is 0 Å². The van der Waals surface area contributed by atoms with Crippen molar-refractivity contribution < 1.29 is 74.1 Å². The molecule has 0 unspecified atom stereocenters. The Morgan fingerprint density at radius 2 is 1.33 bits per heavy atom. The second-order valence-electron chi connectivity index (χ2n) is 9.83. The van der Waals surface area contributed by atoms with Gasteiger partial charge in [0.15, 0.2) is 18.9 Å². The SMILES string of the molecule is CC(=O)N[C@@H]1[C@@H](O)[C@H](O[C@@H]2O[C@H](CO)[C@@H](O)[C@H](O)[C@H]2NC(C)=O)[C@@H](CO[C@H]2O[C@@H](C)[C@@H](O)[C@@H](O)[C@@H]2O)O[C@@H]1O. The first kappa shape index (κ1) is 31.9. The molecule has 17 heteroatoms. The highest BCUT2D eigenvalue weighted by molar-refractivity contribution is 5.73. The highest BCUT2D eigenvalue weighted by Gasteiger charge is 2.52. The lowest BCUT2D eigenvalue weighted by Gasteiger charge is -2.48. The van der Waals surface area contributed by atoms with Gasteiger partial charge in [0, 0.05) is 13.8 Å². The first-order chi connectivity index (χ1) is 18.3. The van der Waals surface area contributed by atoms with Crippen molar-refractivity contribution in [3.05, 3.63) is 0 Å². The van der Waals surface area contributed by atoms with Crippen LogP contribution in [0.1, 0.15) is 20.8 Å². The third-order valence-corrected chi connectivity index (χ3v) is 6.84. The number of ether oxygens (including phenoxy) is 5. The summed E-state index contributed by atoms with van der Waals surface area (Å²) in [5, 5.41) is 86.8. The fraction of sp³-hybridized carbons (Fsp3) is 0.909. The summed E-state index contributed by atoms with van der Waals surface area (Å²) in [6, 6.07) is -2.80. The van der Waals surface area contributed by atoms with E-state index in [0.717, 1.165) is 13.8 Å². The molecule has 0 saturated carbocycles. The molecule has 0 bridgehead atoms. The number of aliphatic hydroxyl groups excluding tert-OH is 8. The monoisotopic (exact) mass is 570 g/mol. The lowest BCUT2D eigenvalue weighted by molar-refractivity contribution is -0.340. The van der Waals surface area contributed by atoms with Gasteiger partial charge in [-0.3, -0.25) is 9.59 Å². The molecule has 39 heavy (non-hydrogen) atoms. The minimum atomic E-state index is -1.77. The molecule has 0 aromatic heterocycles. The van der Waals surface area contributed by atoms with E-state index in [4.69, 9.17) is 23.7 Å². The summed E-state index contributed by atoms with van der Waals surface area (Å²) in [5.74, 6) is -1.25. The van der Waals surface area contributed by atoms with Crippen LogP contribution in [0.5, 0.6) is 0 Å². The van der Waals surface area contributed by atoms with Crippen molar-refractivity contribution in [1.29, 1.82) is 0 Å². The first-order valence-corrected chi connectivity index (χ1v) is 12.4. The van der Waals surface area contributed by atoms with E-state index in [1.165, 1.54) is 6.92 Å². The molecule has 0 radical (unpaired) electrons. The van der Waals surface area contributed by atoms with Gasteiger partial charge in [-0.15, -0.1) is 0 Å². The molecule has 3 heterocycles. The van der Waals surface area contributed by atoms with Crippen LogP contribution in [0.4, 0.5) is 0 Å². The van der Waals surface area contributed by atoms with Gasteiger partial charge < -0.3 is 75.2 Å². The molecule has 0 aromatic carbocycles. The Balaban J connectivity index is 1.84. The standard InChI is InChI=1S/C22H38N2O15/c1-6-13(28)17(32)18(33)22(36-6)35-5-10-19(16(31)11(20(34)37-10)23-7(2)26)39-21-12(24-8(3)27)15(30)14(29)9(4-25)38-21/h6,9-22,25,28-34H,4-5H2,1-3H3,(H,23,26)(H,24,27)/t6-,9+,10+,11+,12+,13+,14+,15+,16+,17+,18-,19+,20-,21-,22-/m0/s1. The topological polar surface area (TPSA) is 266 Å². The van der Waals surface area contributed by atoms with Gasteiger partial charge in [-0.1, -0.05) is 0 Å². The fourth-order valence-electron chi connectivity index (χ4n) is 4.71. The summed E-state index contributed by atoms with van der Waals surface area (Å²) in [6.45, 7) is 2.42. The third kappa shape index (κ3) is 7.20.